The molecule has 1 saturated heterocycles. The van der Waals surface area contributed by atoms with Crippen LogP contribution in [0.5, 0.6) is 0 Å². The smallest absolute Gasteiger partial charge is 0.156 e. The molecule has 6 rings (SSSR count). The number of allylic oxidation sites excluding steroid dienone is 4. The van der Waals surface area contributed by atoms with Crippen LogP contribution in [0.25, 0.3) is 0 Å². The summed E-state index contributed by atoms with van der Waals surface area (Å²) >= 11 is 0. The largest absolute Gasteiger partial charge is 0.393 e. The van der Waals surface area contributed by atoms with Gasteiger partial charge in [0.1, 0.15) is 0 Å². The highest BCUT2D eigenvalue weighted by Crippen LogP contribution is 2.63. The highest BCUT2D eigenvalue weighted by Gasteiger charge is 2.56. The Hall–Kier alpha value is -2.35. The van der Waals surface area contributed by atoms with Crippen molar-refractivity contribution in [2.24, 2.45) is 17.3 Å². The number of ketones is 1. The van der Waals surface area contributed by atoms with Gasteiger partial charge in [-0.05, 0) is 97.6 Å². The molecule has 0 spiro atoms. The van der Waals surface area contributed by atoms with Crippen LogP contribution in [0.3, 0.4) is 0 Å². The van der Waals surface area contributed by atoms with Crippen molar-refractivity contribution in [3.8, 4) is 12.3 Å². The molecule has 1 N–H and O–H groups in total. The normalized spacial score (nSPS) is 34.1. The number of terminal acetylenes is 1. The van der Waals surface area contributed by atoms with Gasteiger partial charge in [-0.15, -0.1) is 12.3 Å². The van der Waals surface area contributed by atoms with Crippen LogP contribution in [-0.4, -0.2) is 43.3 Å². The molecule has 2 saturated carbocycles. The van der Waals surface area contributed by atoms with Crippen LogP contribution in [0.15, 0.2) is 47.1 Å². The van der Waals surface area contributed by atoms with Gasteiger partial charge in [0.05, 0.1) is 19.3 Å². The summed E-state index contributed by atoms with van der Waals surface area (Å²) in [6.45, 7) is 7.51. The van der Waals surface area contributed by atoms with Crippen molar-refractivity contribution in [3.63, 3.8) is 0 Å². The Kier molecular flexibility index (Phi) is 6.93. The highest BCUT2D eigenvalue weighted by molar-refractivity contribution is 5.93. The van der Waals surface area contributed by atoms with Gasteiger partial charge in [-0.25, -0.2) is 0 Å². The van der Waals surface area contributed by atoms with Gasteiger partial charge in [0, 0.05) is 31.1 Å². The zero-order valence-corrected chi connectivity index (χ0v) is 21.3. The Morgan fingerprint density at radius 3 is 2.51 bits per heavy atom. The first-order valence-corrected chi connectivity index (χ1v) is 13.4. The molecule has 1 aromatic carbocycles. The second-order valence-corrected chi connectivity index (χ2v) is 11.2. The predicted octanol–water partition coefficient (Wildman–Crippen LogP) is 5.42. The SMILES string of the molecule is C#CC.CC12CC(c3ccc(N4CCOCC4)cc3)C3=C4CCC(=O)C=C4CCC3C1CCC2O. The highest BCUT2D eigenvalue weighted by atomic mass is 16.5. The number of hydrogen-bond acceptors (Lipinski definition) is 4. The molecule has 1 aromatic rings. The second-order valence-electron chi connectivity index (χ2n) is 11.2. The number of fused-ring (bicyclic) bond motifs is 4. The van der Waals surface area contributed by atoms with Crippen LogP contribution < -0.4 is 4.90 Å². The van der Waals surface area contributed by atoms with Crippen molar-refractivity contribution in [3.05, 3.63) is 52.6 Å². The molecule has 1 aliphatic heterocycles. The molecule has 186 valence electrons. The van der Waals surface area contributed by atoms with E-state index < -0.39 is 0 Å². The van der Waals surface area contributed by atoms with Crippen LogP contribution in [0.2, 0.25) is 0 Å². The first-order valence-electron chi connectivity index (χ1n) is 13.4. The van der Waals surface area contributed by atoms with E-state index in [0.717, 1.165) is 64.8 Å². The lowest BCUT2D eigenvalue weighted by molar-refractivity contribution is -0.114. The molecule has 5 atom stereocenters. The van der Waals surface area contributed by atoms with Gasteiger partial charge in [0.2, 0.25) is 0 Å². The molecule has 1 heterocycles. The molecule has 5 aliphatic rings. The number of morpholine rings is 1. The van der Waals surface area contributed by atoms with Crippen LogP contribution in [-0.2, 0) is 9.53 Å². The predicted molar refractivity (Wildman–Crippen MR) is 140 cm³/mol. The van der Waals surface area contributed by atoms with E-state index in [0.29, 0.717) is 30.0 Å². The van der Waals surface area contributed by atoms with Gasteiger partial charge < -0.3 is 14.7 Å². The van der Waals surface area contributed by atoms with E-state index in [1.54, 1.807) is 12.5 Å². The Bertz CT molecular complexity index is 1060. The summed E-state index contributed by atoms with van der Waals surface area (Å²) < 4.78 is 5.52. The second kappa shape index (κ2) is 9.96. The van der Waals surface area contributed by atoms with E-state index in [9.17, 15) is 9.90 Å². The standard InChI is InChI=1S/C28H35NO3.C3H4/c1-28-17-24(18-2-5-20(6-3-18)29-12-14-32-15-13-29)27-22-9-7-21(30)16-19(22)4-8-23(27)25(28)10-11-26(28)31;1-3-2/h2-3,5-6,16,23-26,31H,4,7-15,17H2,1H3;1H,2H3. The van der Waals surface area contributed by atoms with Crippen molar-refractivity contribution in [1.82, 2.24) is 0 Å². The minimum absolute atomic E-state index is 0.00597. The summed E-state index contributed by atoms with van der Waals surface area (Å²) in [5.74, 6) is 4.02. The number of carbonyl (C=O) groups excluding carboxylic acids is 1. The first kappa shape index (κ1) is 24.3. The average molecular weight is 474 g/mol. The number of aliphatic hydroxyl groups excluding tert-OH is 1. The minimum Gasteiger partial charge on any atom is -0.393 e. The van der Waals surface area contributed by atoms with E-state index in [1.165, 1.54) is 22.4 Å². The zero-order chi connectivity index (χ0) is 24.6. The summed E-state index contributed by atoms with van der Waals surface area (Å²) in [6.07, 6.45) is 13.2. The molecule has 4 nitrogen and oxygen atoms in total. The Balaban J connectivity index is 0.000000806. The van der Waals surface area contributed by atoms with E-state index in [2.05, 4.69) is 48.4 Å². The van der Waals surface area contributed by atoms with Crippen molar-refractivity contribution in [1.29, 1.82) is 0 Å². The zero-order valence-electron chi connectivity index (χ0n) is 21.3. The Morgan fingerprint density at radius 2 is 1.80 bits per heavy atom. The maximum Gasteiger partial charge on any atom is 0.156 e. The van der Waals surface area contributed by atoms with E-state index >= 15 is 0 Å². The topological polar surface area (TPSA) is 49.8 Å². The molecular formula is C31H39NO3. The van der Waals surface area contributed by atoms with Gasteiger partial charge in [-0.1, -0.05) is 24.6 Å². The molecule has 4 aliphatic carbocycles. The maximum atomic E-state index is 12.1. The maximum absolute atomic E-state index is 12.1. The van der Waals surface area contributed by atoms with E-state index in [-0.39, 0.29) is 11.5 Å². The molecule has 0 aromatic heterocycles. The number of ether oxygens (including phenoxy) is 1. The Morgan fingerprint density at radius 1 is 1.09 bits per heavy atom. The third-order valence-corrected chi connectivity index (χ3v) is 9.35. The Labute approximate surface area is 210 Å². The lowest BCUT2D eigenvalue weighted by Gasteiger charge is -2.52. The third kappa shape index (κ3) is 4.39. The first-order chi connectivity index (χ1) is 17.0. The summed E-state index contributed by atoms with van der Waals surface area (Å²) in [5.41, 5.74) is 7.07. The van der Waals surface area contributed by atoms with Crippen molar-refractivity contribution in [2.45, 2.75) is 70.8 Å². The molecular weight excluding hydrogens is 434 g/mol. The fourth-order valence-electron chi connectivity index (χ4n) is 7.67. The van der Waals surface area contributed by atoms with Crippen LogP contribution in [0, 0.1) is 29.6 Å². The molecule has 5 unspecified atom stereocenters. The summed E-state index contributed by atoms with van der Waals surface area (Å²) in [6, 6.07) is 9.23. The number of hydrogen-bond donors (Lipinski definition) is 1. The molecule has 3 fully saturated rings. The fourth-order valence-corrected chi connectivity index (χ4v) is 7.67. The number of aliphatic hydroxyl groups is 1. The monoisotopic (exact) mass is 473 g/mol. The molecule has 0 radical (unpaired) electrons. The van der Waals surface area contributed by atoms with Gasteiger partial charge in [-0.2, -0.15) is 0 Å². The lowest BCUT2D eigenvalue weighted by atomic mass is 9.53. The summed E-state index contributed by atoms with van der Waals surface area (Å²) in [4.78, 5) is 14.6. The average Bonchev–Trinajstić information content (AvgIpc) is 3.18. The number of nitrogens with zero attached hydrogens (tertiary/aromatic N) is 1. The molecule has 0 bridgehead atoms. The van der Waals surface area contributed by atoms with Crippen molar-refractivity contribution in [2.75, 3.05) is 31.2 Å². The summed E-state index contributed by atoms with van der Waals surface area (Å²) in [7, 11) is 0. The molecule has 4 heteroatoms. The molecule has 0 amide bonds. The number of benzene rings is 1. The van der Waals surface area contributed by atoms with Crippen molar-refractivity contribution < 1.29 is 14.6 Å². The van der Waals surface area contributed by atoms with E-state index in [1.807, 2.05) is 6.08 Å². The minimum atomic E-state index is -0.195. The fraction of sp³-hybridized carbons (Fsp3) is 0.581. The molecule has 35 heavy (non-hydrogen) atoms. The number of rotatable bonds is 2. The number of carbonyl (C=O) groups is 1. The van der Waals surface area contributed by atoms with Gasteiger partial charge >= 0.3 is 0 Å². The van der Waals surface area contributed by atoms with Gasteiger partial charge in [0.25, 0.3) is 0 Å². The van der Waals surface area contributed by atoms with Crippen molar-refractivity contribution >= 4 is 11.5 Å². The van der Waals surface area contributed by atoms with Gasteiger partial charge in [-0.3, -0.25) is 4.79 Å². The van der Waals surface area contributed by atoms with Crippen LogP contribution in [0.1, 0.15) is 70.3 Å². The van der Waals surface area contributed by atoms with Crippen LogP contribution >= 0.6 is 0 Å². The lowest BCUT2D eigenvalue weighted by Crippen LogP contribution is -2.45. The van der Waals surface area contributed by atoms with Crippen LogP contribution in [0.4, 0.5) is 5.69 Å². The number of anilines is 1. The van der Waals surface area contributed by atoms with Gasteiger partial charge in [0.15, 0.2) is 5.78 Å². The third-order valence-electron chi connectivity index (χ3n) is 9.35. The quantitative estimate of drug-likeness (QED) is 0.583. The van der Waals surface area contributed by atoms with E-state index in [4.69, 9.17) is 4.74 Å². The summed E-state index contributed by atoms with van der Waals surface area (Å²) in [5, 5.41) is 11.0.